The van der Waals surface area contributed by atoms with Gasteiger partial charge in [-0.25, -0.2) is 0 Å². The van der Waals surface area contributed by atoms with Crippen LogP contribution in [0.1, 0.15) is 11.1 Å². The molecule has 6 aromatic carbocycles. The molecule has 0 radical (unpaired) electrons. The van der Waals surface area contributed by atoms with E-state index in [-0.39, 0.29) is 0 Å². The van der Waals surface area contributed by atoms with Crippen molar-refractivity contribution in [2.24, 2.45) is 0 Å². The highest BCUT2D eigenvalue weighted by molar-refractivity contribution is 7.25. The van der Waals surface area contributed by atoms with Crippen LogP contribution in [0.5, 0.6) is 0 Å². The van der Waals surface area contributed by atoms with Crippen LogP contribution in [-0.4, -0.2) is 0 Å². The van der Waals surface area contributed by atoms with Crippen LogP contribution in [0.15, 0.2) is 126 Å². The van der Waals surface area contributed by atoms with Gasteiger partial charge < -0.3 is 4.42 Å². The molecule has 0 unspecified atom stereocenters. The lowest BCUT2D eigenvalue weighted by atomic mass is 9.91. The zero-order chi connectivity index (χ0) is 28.2. The molecule has 0 aliphatic carbocycles. The second-order valence-corrected chi connectivity index (χ2v) is 11.5. The summed E-state index contributed by atoms with van der Waals surface area (Å²) in [5, 5.41) is 24.0. The van der Waals surface area contributed by atoms with Crippen molar-refractivity contribution in [3.05, 3.63) is 132 Å². The number of benzene rings is 6. The Morgan fingerprint density at radius 3 is 1.76 bits per heavy atom. The van der Waals surface area contributed by atoms with Gasteiger partial charge in [0.25, 0.3) is 0 Å². The molecule has 4 heteroatoms. The molecule has 0 N–H and O–H groups in total. The summed E-state index contributed by atoms with van der Waals surface area (Å²) in [6.45, 7) is 0. The van der Waals surface area contributed by atoms with E-state index in [0.717, 1.165) is 55.3 Å². The molecule has 0 spiro atoms. The van der Waals surface area contributed by atoms with Crippen LogP contribution >= 0.6 is 11.3 Å². The van der Waals surface area contributed by atoms with E-state index < -0.39 is 0 Å². The van der Waals surface area contributed by atoms with E-state index >= 15 is 0 Å². The predicted octanol–water partition coefficient (Wildman–Crippen LogP) is 10.7. The van der Waals surface area contributed by atoms with Crippen LogP contribution < -0.4 is 0 Å². The van der Waals surface area contributed by atoms with Crippen LogP contribution in [0.2, 0.25) is 0 Å². The van der Waals surface area contributed by atoms with E-state index in [1.54, 1.807) is 17.4 Å². The number of hydrogen-bond acceptors (Lipinski definition) is 4. The molecule has 0 aliphatic rings. The first kappa shape index (κ1) is 24.1. The van der Waals surface area contributed by atoms with Crippen molar-refractivity contribution in [1.29, 1.82) is 10.5 Å². The highest BCUT2D eigenvalue weighted by Crippen LogP contribution is 2.40. The van der Waals surface area contributed by atoms with Gasteiger partial charge in [0, 0.05) is 30.9 Å². The van der Waals surface area contributed by atoms with E-state index in [2.05, 4.69) is 97.1 Å². The van der Waals surface area contributed by atoms with Gasteiger partial charge in [0.2, 0.25) is 0 Å². The summed E-state index contributed by atoms with van der Waals surface area (Å²) in [6, 6.07) is 45.8. The molecule has 0 atom stereocenters. The number of para-hydroxylation sites is 1. The maximum absolute atomic E-state index is 9.65. The zero-order valence-electron chi connectivity index (χ0n) is 22.3. The molecule has 0 bridgehead atoms. The molecule has 0 saturated carbocycles. The molecule has 8 rings (SSSR count). The maximum Gasteiger partial charge on any atom is 0.136 e. The molecule has 0 fully saturated rings. The third-order valence-electron chi connectivity index (χ3n) is 7.88. The van der Waals surface area contributed by atoms with E-state index in [0.29, 0.717) is 11.1 Å². The van der Waals surface area contributed by atoms with Crippen molar-refractivity contribution < 1.29 is 4.42 Å². The minimum absolute atomic E-state index is 0.464. The van der Waals surface area contributed by atoms with Crippen LogP contribution in [0.4, 0.5) is 0 Å². The highest BCUT2D eigenvalue weighted by Gasteiger charge is 2.13. The Bertz CT molecular complexity index is 2420. The van der Waals surface area contributed by atoms with Gasteiger partial charge in [0.1, 0.15) is 11.2 Å². The fourth-order valence-electron chi connectivity index (χ4n) is 5.86. The number of furan rings is 1. The van der Waals surface area contributed by atoms with Crippen LogP contribution in [0, 0.1) is 22.7 Å². The monoisotopic (exact) mass is 552 g/mol. The highest BCUT2D eigenvalue weighted by atomic mass is 32.1. The molecule has 0 saturated heterocycles. The first-order valence-electron chi connectivity index (χ1n) is 13.6. The van der Waals surface area contributed by atoms with Gasteiger partial charge >= 0.3 is 0 Å². The van der Waals surface area contributed by atoms with E-state index in [1.165, 1.54) is 20.2 Å². The number of fused-ring (bicyclic) bond motifs is 6. The minimum atomic E-state index is 0.464. The van der Waals surface area contributed by atoms with Crippen LogP contribution in [0.3, 0.4) is 0 Å². The molecular weight excluding hydrogens is 532 g/mol. The Morgan fingerprint density at radius 2 is 1.00 bits per heavy atom. The largest absolute Gasteiger partial charge is 0.456 e. The SMILES string of the molecule is N#Cc1cc(C#N)cc(-c2cc(-c3ccc4c(c3)oc3ccccc34)cc(-c3ccc4sc5ccccc5c4c3)c2)c1. The number of nitrogens with zero attached hydrogens (tertiary/aromatic N) is 2. The van der Waals surface area contributed by atoms with Gasteiger partial charge in [-0.1, -0.05) is 48.5 Å². The fourth-order valence-corrected chi connectivity index (χ4v) is 6.95. The number of thiophene rings is 1. The third-order valence-corrected chi connectivity index (χ3v) is 9.03. The lowest BCUT2D eigenvalue weighted by Gasteiger charge is -2.12. The Balaban J connectivity index is 1.36. The Morgan fingerprint density at radius 1 is 0.429 bits per heavy atom. The second-order valence-electron chi connectivity index (χ2n) is 10.4. The van der Waals surface area contributed by atoms with E-state index in [4.69, 9.17) is 4.42 Å². The topological polar surface area (TPSA) is 60.7 Å². The predicted molar refractivity (Wildman–Crippen MR) is 172 cm³/mol. The molecule has 2 heterocycles. The van der Waals surface area contributed by atoms with Crippen LogP contribution in [-0.2, 0) is 0 Å². The van der Waals surface area contributed by atoms with Gasteiger partial charge in [0.05, 0.1) is 23.3 Å². The van der Waals surface area contributed by atoms with Gasteiger partial charge in [-0.05, 0) is 106 Å². The number of hydrogen-bond donors (Lipinski definition) is 0. The molecule has 0 aliphatic heterocycles. The summed E-state index contributed by atoms with van der Waals surface area (Å²) in [7, 11) is 0. The average molecular weight is 553 g/mol. The van der Waals surface area contributed by atoms with Crippen LogP contribution in [0.25, 0.3) is 75.5 Å². The second kappa shape index (κ2) is 9.46. The van der Waals surface area contributed by atoms with Gasteiger partial charge in [-0.15, -0.1) is 11.3 Å². The Kier molecular flexibility index (Phi) is 5.44. The van der Waals surface area contributed by atoms with Crippen molar-refractivity contribution in [3.8, 4) is 45.5 Å². The zero-order valence-corrected chi connectivity index (χ0v) is 23.1. The fraction of sp³-hybridized carbons (Fsp3) is 0. The smallest absolute Gasteiger partial charge is 0.136 e. The van der Waals surface area contributed by atoms with E-state index in [1.807, 2.05) is 30.3 Å². The number of nitriles is 2. The summed E-state index contributed by atoms with van der Waals surface area (Å²) < 4.78 is 8.74. The summed E-state index contributed by atoms with van der Waals surface area (Å²) in [6.07, 6.45) is 0. The Labute approximate surface area is 245 Å². The molecule has 8 aromatic rings. The van der Waals surface area contributed by atoms with Gasteiger partial charge in [-0.3, -0.25) is 0 Å². The molecule has 42 heavy (non-hydrogen) atoms. The molecular formula is C38H20N2OS. The lowest BCUT2D eigenvalue weighted by molar-refractivity contribution is 0.669. The van der Waals surface area contributed by atoms with Gasteiger partial charge in [-0.2, -0.15) is 10.5 Å². The third kappa shape index (κ3) is 3.94. The molecule has 2 aromatic heterocycles. The normalized spacial score (nSPS) is 11.3. The standard InChI is InChI=1S/C38H20N2OS/c39-21-23-13-24(22-40)15-27(14-23)30-17-28(25-10-12-38-34(19-25)33-6-2-4-8-37(33)42-38)16-29(18-30)26-9-11-32-31-5-1-3-7-35(31)41-36(32)20-26/h1-20H. The van der Waals surface area contributed by atoms with Gasteiger partial charge in [0.15, 0.2) is 0 Å². The molecule has 194 valence electrons. The first-order valence-corrected chi connectivity index (χ1v) is 14.4. The summed E-state index contributed by atoms with van der Waals surface area (Å²) in [5.74, 6) is 0. The summed E-state index contributed by atoms with van der Waals surface area (Å²) in [4.78, 5) is 0. The quantitative estimate of drug-likeness (QED) is 0.219. The van der Waals surface area contributed by atoms with Crippen molar-refractivity contribution in [3.63, 3.8) is 0 Å². The first-order chi connectivity index (χ1) is 20.7. The average Bonchev–Trinajstić information content (AvgIpc) is 3.61. The summed E-state index contributed by atoms with van der Waals surface area (Å²) in [5.41, 5.74) is 8.64. The van der Waals surface area contributed by atoms with Crippen molar-refractivity contribution in [2.75, 3.05) is 0 Å². The minimum Gasteiger partial charge on any atom is -0.456 e. The molecule has 0 amide bonds. The van der Waals surface area contributed by atoms with E-state index in [9.17, 15) is 10.5 Å². The maximum atomic E-state index is 9.65. The van der Waals surface area contributed by atoms with Crippen molar-refractivity contribution in [2.45, 2.75) is 0 Å². The Hall–Kier alpha value is -5.68. The summed E-state index contributed by atoms with van der Waals surface area (Å²) >= 11 is 1.80. The lowest BCUT2D eigenvalue weighted by Crippen LogP contribution is -1.89. The molecule has 3 nitrogen and oxygen atoms in total. The van der Waals surface area contributed by atoms with Crippen molar-refractivity contribution >= 4 is 53.4 Å². The van der Waals surface area contributed by atoms with Crippen molar-refractivity contribution in [1.82, 2.24) is 0 Å². The number of rotatable bonds is 3.